The molecule has 0 heterocycles. The summed E-state index contributed by atoms with van der Waals surface area (Å²) in [6, 6.07) is 3.10. The smallest absolute Gasteiger partial charge is 0.325 e. The van der Waals surface area contributed by atoms with E-state index in [4.69, 9.17) is 0 Å². The lowest BCUT2D eigenvalue weighted by Crippen LogP contribution is -2.54. The Bertz CT molecular complexity index is 1480. The third-order valence-corrected chi connectivity index (χ3v) is 8.66. The van der Waals surface area contributed by atoms with Gasteiger partial charge < -0.3 is 5.32 Å². The van der Waals surface area contributed by atoms with Gasteiger partial charge in [-0.3, -0.25) is 19.1 Å². The van der Waals surface area contributed by atoms with E-state index < -0.39 is 111 Å². The zero-order valence-electron chi connectivity index (χ0n) is 20.3. The van der Waals surface area contributed by atoms with E-state index in [9.17, 15) is 84.8 Å². The van der Waals surface area contributed by atoms with E-state index in [1.54, 1.807) is 0 Å². The van der Waals surface area contributed by atoms with Gasteiger partial charge in [0.2, 0.25) is 5.91 Å². The van der Waals surface area contributed by atoms with Crippen LogP contribution in [0.4, 0.5) is 72.8 Å². The summed E-state index contributed by atoms with van der Waals surface area (Å²) in [6.07, 6.45) is -13.5. The minimum absolute atomic E-state index is 0.131. The molecule has 0 aliphatic rings. The SMILES string of the molecule is O=C(CS(=O)c1ccc(S(=O)C(F)(F)C(F)(F)C(F)(F)F)cc1[N+](=O)[O-])Nc1cccc(SC(F)(F)C(F)(F)C(F)(F)F)c1. The molecule has 2 unspecified atom stereocenters. The van der Waals surface area contributed by atoms with Crippen LogP contribution in [0.1, 0.15) is 0 Å². The summed E-state index contributed by atoms with van der Waals surface area (Å²) in [5, 5.41) is 1.14. The van der Waals surface area contributed by atoms with Gasteiger partial charge >= 0.3 is 34.7 Å². The van der Waals surface area contributed by atoms with Gasteiger partial charge in [0.1, 0.15) is 21.4 Å². The summed E-state index contributed by atoms with van der Waals surface area (Å²) in [4.78, 5) is 18.5. The average Bonchev–Trinajstić information content (AvgIpc) is 2.86. The monoisotopic (exact) mass is 720 g/mol. The maximum absolute atomic E-state index is 13.8. The van der Waals surface area contributed by atoms with Crippen LogP contribution in [0.2, 0.25) is 0 Å². The van der Waals surface area contributed by atoms with Gasteiger partial charge in [0.15, 0.2) is 0 Å². The van der Waals surface area contributed by atoms with Crippen LogP contribution < -0.4 is 5.32 Å². The summed E-state index contributed by atoms with van der Waals surface area (Å²) in [6.45, 7) is 0. The van der Waals surface area contributed by atoms with Crippen LogP contribution in [-0.4, -0.2) is 59.7 Å². The standard InChI is InChI=1S/C20H10F14N2O5S3/c21-15(22,17(25,26)27)19(31,32)42-10-3-1-2-9(6-10)35-14(37)8-43(40)13-5-4-11(7-12(13)36(38)39)44(41)20(33,34)16(23,24)18(28,29)30/h1-7H,8H2,(H,35,37). The number of benzene rings is 2. The second kappa shape index (κ2) is 12.4. The van der Waals surface area contributed by atoms with Crippen molar-refractivity contribution in [2.75, 3.05) is 11.1 Å². The Labute approximate surface area is 243 Å². The molecule has 24 heteroatoms. The summed E-state index contributed by atoms with van der Waals surface area (Å²) in [5.74, 6) is -16.0. The predicted molar refractivity (Wildman–Crippen MR) is 124 cm³/mol. The fraction of sp³-hybridized carbons (Fsp3) is 0.350. The first-order valence-electron chi connectivity index (χ1n) is 10.5. The Balaban J connectivity index is 2.27. The molecule has 246 valence electrons. The van der Waals surface area contributed by atoms with Crippen LogP contribution in [0.3, 0.4) is 0 Å². The van der Waals surface area contributed by atoms with Crippen molar-refractivity contribution in [2.24, 2.45) is 0 Å². The first kappa shape index (κ1) is 37.2. The van der Waals surface area contributed by atoms with Crippen LogP contribution in [0.5, 0.6) is 0 Å². The highest BCUT2D eigenvalue weighted by molar-refractivity contribution is 8.00. The van der Waals surface area contributed by atoms with Crippen LogP contribution in [-0.2, 0) is 26.4 Å². The molecular formula is C20H10F14N2O5S3. The van der Waals surface area contributed by atoms with Crippen molar-refractivity contribution in [2.45, 2.75) is 49.4 Å². The minimum Gasteiger partial charge on any atom is -0.325 e. The van der Waals surface area contributed by atoms with Crippen LogP contribution in [0, 0.1) is 10.1 Å². The van der Waals surface area contributed by atoms with E-state index in [1.165, 1.54) is 0 Å². The summed E-state index contributed by atoms with van der Waals surface area (Å²) in [5.41, 5.74) is -2.06. The molecule has 0 aliphatic carbocycles. The quantitative estimate of drug-likeness (QED) is 0.115. The maximum atomic E-state index is 13.8. The van der Waals surface area contributed by atoms with Crippen molar-refractivity contribution in [3.63, 3.8) is 0 Å². The first-order valence-corrected chi connectivity index (χ1v) is 13.8. The summed E-state index contributed by atoms with van der Waals surface area (Å²) < 4.78 is 206. The number of carbonyl (C=O) groups is 1. The molecule has 0 saturated carbocycles. The number of nitrogens with zero attached hydrogens (tertiary/aromatic N) is 1. The first-order chi connectivity index (χ1) is 19.7. The zero-order valence-corrected chi connectivity index (χ0v) is 22.7. The lowest BCUT2D eigenvalue weighted by molar-refractivity contribution is -0.388. The fourth-order valence-electron chi connectivity index (χ4n) is 2.79. The Morgan fingerprint density at radius 2 is 1.36 bits per heavy atom. The molecule has 7 nitrogen and oxygen atoms in total. The summed E-state index contributed by atoms with van der Waals surface area (Å²) in [7, 11) is -7.42. The van der Waals surface area contributed by atoms with Crippen molar-refractivity contribution in [1.82, 2.24) is 0 Å². The minimum atomic E-state index is -6.89. The molecule has 2 atom stereocenters. The highest BCUT2D eigenvalue weighted by Crippen LogP contribution is 2.54. The highest BCUT2D eigenvalue weighted by atomic mass is 32.2. The van der Waals surface area contributed by atoms with Crippen LogP contribution in [0.25, 0.3) is 0 Å². The zero-order chi connectivity index (χ0) is 34.3. The number of rotatable bonds is 11. The number of thioether (sulfide) groups is 1. The molecule has 1 N–H and O–H groups in total. The molecule has 2 aromatic carbocycles. The Kier molecular flexibility index (Phi) is 10.5. The number of anilines is 1. The van der Waals surface area contributed by atoms with Crippen LogP contribution >= 0.6 is 11.8 Å². The highest BCUT2D eigenvalue weighted by Gasteiger charge is 2.76. The second-order valence-electron chi connectivity index (χ2n) is 8.00. The largest absolute Gasteiger partial charge is 0.461 e. The van der Waals surface area contributed by atoms with Gasteiger partial charge in [-0.15, -0.1) is 0 Å². The average molecular weight is 720 g/mol. The third kappa shape index (κ3) is 7.43. The molecule has 0 saturated heterocycles. The van der Waals surface area contributed by atoms with E-state index in [-0.39, 0.29) is 18.2 Å². The van der Waals surface area contributed by atoms with E-state index >= 15 is 0 Å². The topological polar surface area (TPSA) is 106 Å². The molecule has 1 amide bonds. The van der Waals surface area contributed by atoms with Gasteiger partial charge in [-0.1, -0.05) is 6.07 Å². The third-order valence-electron chi connectivity index (χ3n) is 4.89. The van der Waals surface area contributed by atoms with Crippen molar-refractivity contribution in [1.29, 1.82) is 0 Å². The van der Waals surface area contributed by atoms with Crippen molar-refractivity contribution in [3.05, 3.63) is 52.6 Å². The van der Waals surface area contributed by atoms with Crippen LogP contribution in [0.15, 0.2) is 57.2 Å². The normalized spacial score (nSPS) is 15.0. The van der Waals surface area contributed by atoms with E-state index in [0.29, 0.717) is 12.1 Å². The summed E-state index contributed by atoms with van der Waals surface area (Å²) >= 11 is -1.23. The Morgan fingerprint density at radius 1 is 0.818 bits per heavy atom. The molecule has 0 radical (unpaired) electrons. The molecule has 2 rings (SSSR count). The Hall–Kier alpha value is -3.02. The second-order valence-corrected chi connectivity index (χ2v) is 12.1. The number of amides is 1. The molecular weight excluding hydrogens is 710 g/mol. The van der Waals surface area contributed by atoms with E-state index in [0.717, 1.165) is 12.1 Å². The van der Waals surface area contributed by atoms with Gasteiger partial charge in [0.25, 0.3) is 5.69 Å². The number of hydrogen-bond acceptors (Lipinski definition) is 6. The molecule has 0 aliphatic heterocycles. The van der Waals surface area contributed by atoms with E-state index in [2.05, 4.69) is 0 Å². The molecule has 0 spiro atoms. The number of carbonyl (C=O) groups excluding carboxylic acids is 1. The number of halogens is 14. The number of nitro groups is 1. The molecule has 2 aromatic rings. The molecule has 0 bridgehead atoms. The number of alkyl halides is 14. The lowest BCUT2D eigenvalue weighted by Gasteiger charge is -2.27. The number of hydrogen-bond donors (Lipinski definition) is 1. The van der Waals surface area contributed by atoms with Gasteiger partial charge in [-0.05, 0) is 42.1 Å². The lowest BCUT2D eigenvalue weighted by atomic mass is 10.3. The molecule has 0 fully saturated rings. The maximum Gasteiger partial charge on any atom is 0.461 e. The predicted octanol–water partition coefficient (Wildman–Crippen LogP) is 7.12. The van der Waals surface area contributed by atoms with Gasteiger partial charge in [-0.2, -0.15) is 61.5 Å². The van der Waals surface area contributed by atoms with Gasteiger partial charge in [0, 0.05) is 16.6 Å². The van der Waals surface area contributed by atoms with E-state index in [1.807, 2.05) is 5.32 Å². The van der Waals surface area contributed by atoms with Crippen molar-refractivity contribution < 1.29 is 79.6 Å². The van der Waals surface area contributed by atoms with Gasteiger partial charge in [-0.25, -0.2) is 4.21 Å². The fourth-order valence-corrected chi connectivity index (χ4v) is 5.77. The van der Waals surface area contributed by atoms with Crippen molar-refractivity contribution >= 4 is 50.6 Å². The molecule has 44 heavy (non-hydrogen) atoms. The molecule has 0 aromatic heterocycles. The van der Waals surface area contributed by atoms with Gasteiger partial charge in [0.05, 0.1) is 20.6 Å². The number of nitrogens with one attached hydrogen (secondary N) is 1. The Morgan fingerprint density at radius 3 is 1.86 bits per heavy atom. The number of nitro benzene ring substituents is 1. The van der Waals surface area contributed by atoms with Crippen molar-refractivity contribution in [3.8, 4) is 0 Å².